The molecule has 6 nitrogen and oxygen atoms in total. The third-order valence-electron chi connectivity index (χ3n) is 5.81. The number of fused-ring (bicyclic) bond motifs is 1. The van der Waals surface area contributed by atoms with Gasteiger partial charge in [0.15, 0.2) is 0 Å². The highest BCUT2D eigenvalue weighted by molar-refractivity contribution is 6.36. The minimum Gasteiger partial charge on any atom is -0.311 e. The summed E-state index contributed by atoms with van der Waals surface area (Å²) < 4.78 is 0. The molecule has 4 rings (SSSR count). The van der Waals surface area contributed by atoms with E-state index in [1.54, 1.807) is 30.1 Å². The quantitative estimate of drug-likeness (QED) is 0.637. The SMILES string of the molecule is CN1C(=O)C(NC(=O)Nc2ccc(Cl)cc2Cl)N=C(C2CCCCC2)c2ccccc21. The summed E-state index contributed by atoms with van der Waals surface area (Å²) in [6.45, 7) is 0. The summed E-state index contributed by atoms with van der Waals surface area (Å²) in [5.41, 5.74) is 3.05. The molecule has 1 fully saturated rings. The third-order valence-corrected chi connectivity index (χ3v) is 6.36. The lowest BCUT2D eigenvalue weighted by Crippen LogP contribution is -2.47. The van der Waals surface area contributed by atoms with Crippen LogP contribution in [0.1, 0.15) is 37.7 Å². The van der Waals surface area contributed by atoms with Gasteiger partial charge in [-0.05, 0) is 37.1 Å². The number of aliphatic imine (C=N–C) groups is 1. The molecule has 1 aliphatic heterocycles. The number of amides is 3. The first kappa shape index (κ1) is 21.7. The van der Waals surface area contributed by atoms with Crippen LogP contribution in [0, 0.1) is 5.92 Å². The number of halogens is 2. The second kappa shape index (κ2) is 9.28. The van der Waals surface area contributed by atoms with E-state index in [0.717, 1.165) is 42.6 Å². The van der Waals surface area contributed by atoms with Crippen molar-refractivity contribution in [1.29, 1.82) is 0 Å². The Morgan fingerprint density at radius 2 is 1.84 bits per heavy atom. The number of urea groups is 1. The Hall–Kier alpha value is -2.57. The van der Waals surface area contributed by atoms with Crippen molar-refractivity contribution in [1.82, 2.24) is 5.32 Å². The number of rotatable bonds is 3. The van der Waals surface area contributed by atoms with Gasteiger partial charge in [0.25, 0.3) is 5.91 Å². The third kappa shape index (κ3) is 4.70. The lowest BCUT2D eigenvalue weighted by Gasteiger charge is -2.25. The van der Waals surface area contributed by atoms with Crippen LogP contribution in [0.3, 0.4) is 0 Å². The number of hydrogen-bond acceptors (Lipinski definition) is 3. The molecule has 8 heteroatoms. The molecule has 1 aliphatic carbocycles. The molecule has 2 aliphatic rings. The maximum absolute atomic E-state index is 13.2. The van der Waals surface area contributed by atoms with Crippen molar-refractivity contribution in [2.45, 2.75) is 38.3 Å². The van der Waals surface area contributed by atoms with Crippen LogP contribution < -0.4 is 15.5 Å². The summed E-state index contributed by atoms with van der Waals surface area (Å²) in [5, 5.41) is 6.17. The summed E-state index contributed by atoms with van der Waals surface area (Å²) in [6.07, 6.45) is 4.54. The summed E-state index contributed by atoms with van der Waals surface area (Å²) in [5.74, 6) is -0.0251. The fourth-order valence-electron chi connectivity index (χ4n) is 4.22. The molecular weight excluding hydrogens is 435 g/mol. The van der Waals surface area contributed by atoms with Crippen LogP contribution in [-0.2, 0) is 4.79 Å². The van der Waals surface area contributed by atoms with E-state index in [4.69, 9.17) is 28.2 Å². The fraction of sp³-hybridized carbons (Fsp3) is 0.348. The average molecular weight is 459 g/mol. The van der Waals surface area contributed by atoms with Crippen LogP contribution in [0.2, 0.25) is 10.0 Å². The van der Waals surface area contributed by atoms with E-state index in [-0.39, 0.29) is 11.8 Å². The van der Waals surface area contributed by atoms with Gasteiger partial charge in [0, 0.05) is 23.6 Å². The highest BCUT2D eigenvalue weighted by atomic mass is 35.5. The highest BCUT2D eigenvalue weighted by Crippen LogP contribution is 2.33. The Bertz CT molecular complexity index is 1030. The summed E-state index contributed by atoms with van der Waals surface area (Å²) in [4.78, 5) is 32.2. The van der Waals surface area contributed by atoms with E-state index < -0.39 is 12.2 Å². The predicted octanol–water partition coefficient (Wildman–Crippen LogP) is 5.49. The van der Waals surface area contributed by atoms with Crippen LogP contribution >= 0.6 is 23.2 Å². The van der Waals surface area contributed by atoms with E-state index >= 15 is 0 Å². The number of para-hydroxylation sites is 1. The zero-order valence-electron chi connectivity index (χ0n) is 17.2. The predicted molar refractivity (Wildman–Crippen MR) is 125 cm³/mol. The average Bonchev–Trinajstić information content (AvgIpc) is 2.87. The molecule has 2 aromatic carbocycles. The van der Waals surface area contributed by atoms with Gasteiger partial charge in [-0.25, -0.2) is 4.79 Å². The van der Waals surface area contributed by atoms with Gasteiger partial charge >= 0.3 is 6.03 Å². The van der Waals surface area contributed by atoms with Crippen molar-refractivity contribution in [3.63, 3.8) is 0 Å². The first-order valence-electron chi connectivity index (χ1n) is 10.4. The summed E-state index contributed by atoms with van der Waals surface area (Å²) in [6, 6.07) is 12.0. The summed E-state index contributed by atoms with van der Waals surface area (Å²) in [7, 11) is 1.71. The number of carbonyl (C=O) groups excluding carboxylic acids is 2. The van der Waals surface area contributed by atoms with E-state index in [2.05, 4.69) is 10.6 Å². The van der Waals surface area contributed by atoms with Crippen molar-refractivity contribution in [2.24, 2.45) is 10.9 Å². The second-order valence-corrected chi connectivity index (χ2v) is 8.73. The number of benzodiazepines with no additional fused rings is 1. The number of likely N-dealkylation sites (N-methyl/N-ethyl adjacent to an activating group) is 1. The first-order valence-corrected chi connectivity index (χ1v) is 11.2. The van der Waals surface area contributed by atoms with E-state index in [1.165, 1.54) is 6.42 Å². The van der Waals surface area contributed by atoms with Crippen molar-refractivity contribution >= 4 is 52.2 Å². The molecule has 162 valence electrons. The monoisotopic (exact) mass is 458 g/mol. The number of carbonyl (C=O) groups is 2. The van der Waals surface area contributed by atoms with Gasteiger partial charge in [0.1, 0.15) is 0 Å². The van der Waals surface area contributed by atoms with E-state index in [0.29, 0.717) is 15.7 Å². The van der Waals surface area contributed by atoms with Gasteiger partial charge in [0.2, 0.25) is 6.17 Å². The second-order valence-electron chi connectivity index (χ2n) is 7.89. The Balaban J connectivity index is 1.63. The van der Waals surface area contributed by atoms with Gasteiger partial charge < -0.3 is 15.5 Å². The first-order chi connectivity index (χ1) is 14.9. The molecule has 0 saturated heterocycles. The van der Waals surface area contributed by atoms with E-state index in [1.807, 2.05) is 24.3 Å². The molecule has 31 heavy (non-hydrogen) atoms. The van der Waals surface area contributed by atoms with Gasteiger partial charge in [-0.3, -0.25) is 9.79 Å². The molecule has 0 bridgehead atoms. The molecule has 0 aromatic heterocycles. The lowest BCUT2D eigenvalue weighted by atomic mass is 9.83. The molecule has 0 radical (unpaired) electrons. The van der Waals surface area contributed by atoms with Crippen molar-refractivity contribution in [3.8, 4) is 0 Å². The Labute approximate surface area is 191 Å². The summed E-state index contributed by atoms with van der Waals surface area (Å²) >= 11 is 12.1. The standard InChI is InChI=1S/C23H24Cl2N4O2/c1-29-19-10-6-5-9-16(19)20(14-7-3-2-4-8-14)27-21(22(29)30)28-23(31)26-18-12-11-15(24)13-17(18)25/h5-6,9-14,21H,2-4,7-8H2,1H3,(H2,26,28,31). The number of nitrogens with one attached hydrogen (secondary N) is 2. The fourth-order valence-corrected chi connectivity index (χ4v) is 4.67. The van der Waals surface area contributed by atoms with Crippen LogP contribution in [-0.4, -0.2) is 30.9 Å². The lowest BCUT2D eigenvalue weighted by molar-refractivity contribution is -0.119. The van der Waals surface area contributed by atoms with Gasteiger partial charge in [0.05, 0.1) is 22.1 Å². The minimum atomic E-state index is -1.03. The zero-order valence-corrected chi connectivity index (χ0v) is 18.7. The molecular formula is C23H24Cl2N4O2. The maximum Gasteiger partial charge on any atom is 0.321 e. The zero-order chi connectivity index (χ0) is 22.0. The molecule has 1 unspecified atom stereocenters. The van der Waals surface area contributed by atoms with Crippen molar-refractivity contribution < 1.29 is 9.59 Å². The highest BCUT2D eigenvalue weighted by Gasteiger charge is 2.33. The maximum atomic E-state index is 13.2. The topological polar surface area (TPSA) is 73.8 Å². The Morgan fingerprint density at radius 1 is 1.10 bits per heavy atom. The number of anilines is 2. The van der Waals surface area contributed by atoms with Crippen LogP contribution in [0.4, 0.5) is 16.2 Å². The molecule has 3 amide bonds. The largest absolute Gasteiger partial charge is 0.321 e. The Morgan fingerprint density at radius 3 is 2.58 bits per heavy atom. The van der Waals surface area contributed by atoms with Gasteiger partial charge in [-0.15, -0.1) is 0 Å². The van der Waals surface area contributed by atoms with Crippen LogP contribution in [0.5, 0.6) is 0 Å². The molecule has 2 aromatic rings. The van der Waals surface area contributed by atoms with Gasteiger partial charge in [-0.1, -0.05) is 60.7 Å². The normalized spacial score (nSPS) is 19.3. The molecule has 1 atom stereocenters. The number of benzene rings is 2. The van der Waals surface area contributed by atoms with Crippen LogP contribution in [0.25, 0.3) is 0 Å². The number of hydrogen-bond donors (Lipinski definition) is 2. The van der Waals surface area contributed by atoms with Crippen molar-refractivity contribution in [3.05, 3.63) is 58.1 Å². The van der Waals surface area contributed by atoms with E-state index in [9.17, 15) is 9.59 Å². The minimum absolute atomic E-state index is 0.271. The van der Waals surface area contributed by atoms with Crippen molar-refractivity contribution in [2.75, 3.05) is 17.3 Å². The molecule has 1 heterocycles. The molecule has 1 saturated carbocycles. The van der Waals surface area contributed by atoms with Crippen LogP contribution in [0.15, 0.2) is 47.5 Å². The smallest absolute Gasteiger partial charge is 0.311 e. The molecule has 0 spiro atoms. The number of nitrogens with zero attached hydrogens (tertiary/aromatic N) is 2. The molecule has 2 N–H and O–H groups in total. The van der Waals surface area contributed by atoms with Gasteiger partial charge in [-0.2, -0.15) is 0 Å². The Kier molecular flexibility index (Phi) is 6.49.